The van der Waals surface area contributed by atoms with E-state index < -0.39 is 133 Å². The van der Waals surface area contributed by atoms with E-state index in [1.165, 1.54) is 98.0 Å². The van der Waals surface area contributed by atoms with Crippen molar-refractivity contribution < 1.29 is 63.0 Å². The Labute approximate surface area is 574 Å². The molecule has 7 aromatic rings. The number of nitrogens with two attached hydrogens (primary N) is 1. The number of imidazole rings is 1. The predicted molar refractivity (Wildman–Crippen MR) is 370 cm³/mol. The van der Waals surface area contributed by atoms with E-state index in [-0.39, 0.29) is 56.6 Å². The molecule has 1 saturated heterocycles. The van der Waals surface area contributed by atoms with Crippen LogP contribution in [0.3, 0.4) is 0 Å². The van der Waals surface area contributed by atoms with Crippen LogP contribution in [0.25, 0.3) is 21.8 Å². The fraction of sp³-hybridized carbons (Fsp3) is 0.400. The number of benzene rings is 4. The number of Topliss-reactive ketones (excluding diaryl/α,β-unsaturated/α-hetero) is 1. The van der Waals surface area contributed by atoms with Crippen LogP contribution in [0.2, 0.25) is 0 Å². The molecule has 0 unspecified atom stereocenters. The molecule has 8 atom stereocenters. The van der Waals surface area contributed by atoms with E-state index in [1.54, 1.807) is 42.7 Å². The lowest BCUT2D eigenvalue weighted by molar-refractivity contribution is -0.150. The highest BCUT2D eigenvalue weighted by molar-refractivity contribution is 7.98. The Morgan fingerprint density at radius 3 is 1.95 bits per heavy atom. The molecule has 0 spiro atoms. The second-order valence-corrected chi connectivity index (χ2v) is 27.2. The van der Waals surface area contributed by atoms with E-state index in [1.807, 2.05) is 54.6 Å². The van der Waals surface area contributed by atoms with Crippen molar-refractivity contribution >= 4 is 110 Å². The van der Waals surface area contributed by atoms with Crippen molar-refractivity contribution in [2.24, 2.45) is 11.7 Å². The number of carbonyl (C=O) groups excluding carboxylic acids is 10. The van der Waals surface area contributed by atoms with Crippen LogP contribution in [0.5, 0.6) is 5.75 Å². The van der Waals surface area contributed by atoms with Gasteiger partial charge in [0.2, 0.25) is 53.2 Å². The third kappa shape index (κ3) is 18.4. The number of hydrogen-bond acceptors (Lipinski definition) is 15. The number of nitrogens with one attached hydrogen (secondary N) is 6. The molecule has 1 fully saturated rings. The zero-order chi connectivity index (χ0) is 70.3. The number of aromatic nitrogens is 4. The SMILES string of the molecule is C[C@@H]1NC(=O)CCSCc2cccc(c2)CSC[C@@H](C(N)=O)NC(=O)[C@@H]2CCCN2C(=O)[C@H](Cc2ccc(O)cc2)N(C)C(=O)[C@H](Cc2cnc[nH]2)CC(=O)[C@H](CC(=O)O)N(C)C(=O)[C@H](Cc2c[nH]c3ccccc23)NC(=O)[C@H](Cc2c[nH]c3ccccc23)N(C)C(=O)CN(C)C1=O. The molecule has 9 rings (SSSR count). The lowest BCUT2D eigenvalue weighted by atomic mass is 9.90. The zero-order valence-corrected chi connectivity index (χ0v) is 56.9. The first-order valence-electron chi connectivity index (χ1n) is 32.3. The molecule has 3 aromatic heterocycles. The number of rotatable bonds is 11. The first kappa shape index (κ1) is 72.3. The smallest absolute Gasteiger partial charge is 0.305 e. The van der Waals surface area contributed by atoms with Crippen molar-refractivity contribution in [2.75, 3.05) is 52.8 Å². The first-order valence-corrected chi connectivity index (χ1v) is 34.6. The molecule has 2 aliphatic rings. The highest BCUT2D eigenvalue weighted by Crippen LogP contribution is 2.29. The Bertz CT molecular complexity index is 4050. The Kier molecular flexibility index (Phi) is 24.6. The maximum absolute atomic E-state index is 15.5. The number of carboxylic acids is 1. The summed E-state index contributed by atoms with van der Waals surface area (Å²) in [6, 6.07) is 18.9. The van der Waals surface area contributed by atoms with Gasteiger partial charge in [0.25, 0.3) is 0 Å². The van der Waals surface area contributed by atoms with Gasteiger partial charge in [-0.15, -0.1) is 0 Å². The summed E-state index contributed by atoms with van der Waals surface area (Å²) >= 11 is 2.86. The van der Waals surface area contributed by atoms with Gasteiger partial charge in [0, 0.05) is 142 Å². The van der Waals surface area contributed by atoms with Crippen LogP contribution in [0.4, 0.5) is 0 Å². The van der Waals surface area contributed by atoms with Crippen molar-refractivity contribution in [3.8, 4) is 5.75 Å². The third-order valence-electron chi connectivity index (χ3n) is 18.1. The van der Waals surface area contributed by atoms with Gasteiger partial charge >= 0.3 is 5.97 Å². The number of primary amides is 1. The number of likely N-dealkylation sites (N-methyl/N-ethyl adjacent to an activating group) is 4. The Balaban J connectivity index is 1.07. The highest BCUT2D eigenvalue weighted by Gasteiger charge is 2.44. The summed E-state index contributed by atoms with van der Waals surface area (Å²) in [6.07, 6.45) is 4.52. The molecule has 28 heteroatoms. The normalized spacial score (nSPS) is 22.8. The van der Waals surface area contributed by atoms with Crippen LogP contribution in [0.15, 0.2) is 122 Å². The first-order chi connectivity index (χ1) is 46.9. The number of nitrogens with zero attached hydrogens (tertiary/aromatic N) is 6. The summed E-state index contributed by atoms with van der Waals surface area (Å²) < 4.78 is 0. The number of amides is 9. The topological polar surface area (TPSA) is 367 Å². The minimum atomic E-state index is -1.77. The van der Waals surface area contributed by atoms with E-state index in [0.29, 0.717) is 57.0 Å². The number of aromatic amines is 3. The number of carboxylic acid groups (broad SMARTS) is 1. The molecular formula is C70H83N13O13S2. The molecular weight excluding hydrogens is 1290 g/mol. The number of aromatic hydroxyl groups is 1. The number of phenols is 1. The lowest BCUT2D eigenvalue weighted by Gasteiger charge is -2.36. The van der Waals surface area contributed by atoms with Crippen molar-refractivity contribution in [1.82, 2.24) is 60.4 Å². The Morgan fingerprint density at radius 1 is 0.663 bits per heavy atom. The largest absolute Gasteiger partial charge is 0.508 e. The number of aliphatic carboxylic acids is 1. The van der Waals surface area contributed by atoms with E-state index in [2.05, 4.69) is 35.9 Å². The molecule has 4 aromatic carbocycles. The molecule has 0 saturated carbocycles. The number of ketones is 1. The average molecular weight is 1380 g/mol. The molecule has 0 radical (unpaired) electrons. The van der Waals surface area contributed by atoms with Crippen LogP contribution in [-0.2, 0) is 89.9 Å². The molecule has 2 bridgehead atoms. The molecule has 9 amide bonds. The minimum Gasteiger partial charge on any atom is -0.508 e. The maximum Gasteiger partial charge on any atom is 0.305 e. The van der Waals surface area contributed by atoms with Gasteiger partial charge in [-0.2, -0.15) is 23.5 Å². The molecule has 10 N–H and O–H groups in total. The molecule has 5 heterocycles. The number of thioether (sulfide) groups is 2. The zero-order valence-electron chi connectivity index (χ0n) is 55.2. The van der Waals surface area contributed by atoms with Gasteiger partial charge in [-0.3, -0.25) is 52.7 Å². The van der Waals surface area contributed by atoms with Crippen LogP contribution in [0, 0.1) is 5.92 Å². The van der Waals surface area contributed by atoms with Gasteiger partial charge in [0.1, 0.15) is 48.0 Å². The van der Waals surface area contributed by atoms with Gasteiger partial charge < -0.3 is 71.3 Å². The highest BCUT2D eigenvalue weighted by atomic mass is 32.2. The molecule has 518 valence electrons. The fourth-order valence-corrected chi connectivity index (χ4v) is 14.5. The van der Waals surface area contributed by atoms with Crippen LogP contribution in [0.1, 0.15) is 72.5 Å². The predicted octanol–water partition coefficient (Wildman–Crippen LogP) is 3.86. The van der Waals surface area contributed by atoms with Crippen LogP contribution in [-0.4, -0.2) is 215 Å². The summed E-state index contributed by atoms with van der Waals surface area (Å²) in [5, 5.41) is 30.6. The van der Waals surface area contributed by atoms with Gasteiger partial charge in [0.05, 0.1) is 25.2 Å². The van der Waals surface area contributed by atoms with Gasteiger partial charge in [-0.1, -0.05) is 72.8 Å². The van der Waals surface area contributed by atoms with Crippen molar-refractivity contribution in [1.29, 1.82) is 0 Å². The van der Waals surface area contributed by atoms with E-state index in [0.717, 1.165) is 31.8 Å². The van der Waals surface area contributed by atoms with Gasteiger partial charge in [-0.05, 0) is 71.8 Å². The summed E-state index contributed by atoms with van der Waals surface area (Å²) in [5.41, 5.74) is 11.3. The number of hydrogen-bond donors (Lipinski definition) is 9. The van der Waals surface area contributed by atoms with Crippen LogP contribution < -0.4 is 21.7 Å². The maximum atomic E-state index is 15.5. The number of para-hydroxylation sites is 2. The third-order valence-corrected chi connectivity index (χ3v) is 20.2. The fourth-order valence-electron chi connectivity index (χ4n) is 12.6. The van der Waals surface area contributed by atoms with E-state index >= 15 is 24.0 Å². The Hall–Kier alpha value is -9.96. The summed E-state index contributed by atoms with van der Waals surface area (Å²) in [6.45, 7) is 1.06. The monoisotopic (exact) mass is 1380 g/mol. The summed E-state index contributed by atoms with van der Waals surface area (Å²) in [7, 11) is 5.40. The summed E-state index contributed by atoms with van der Waals surface area (Å²) in [4.78, 5) is 178. The van der Waals surface area contributed by atoms with E-state index in [4.69, 9.17) is 5.73 Å². The molecule has 98 heavy (non-hydrogen) atoms. The van der Waals surface area contributed by atoms with Gasteiger partial charge in [-0.25, -0.2) is 4.98 Å². The second kappa shape index (κ2) is 33.3. The molecule has 26 nitrogen and oxygen atoms in total. The minimum absolute atomic E-state index is 0.0658. The van der Waals surface area contributed by atoms with Crippen molar-refractivity contribution in [2.45, 2.75) is 119 Å². The van der Waals surface area contributed by atoms with Crippen molar-refractivity contribution in [3.63, 3.8) is 0 Å². The Morgan fingerprint density at radius 2 is 1.31 bits per heavy atom. The summed E-state index contributed by atoms with van der Waals surface area (Å²) in [5.74, 6) is -8.52. The average Bonchev–Trinajstić information content (AvgIpc) is 1.45. The van der Waals surface area contributed by atoms with Gasteiger partial charge in [0.15, 0.2) is 5.78 Å². The van der Waals surface area contributed by atoms with E-state index in [9.17, 15) is 39.0 Å². The van der Waals surface area contributed by atoms with Crippen LogP contribution >= 0.6 is 23.5 Å². The second-order valence-electron chi connectivity index (χ2n) is 25.0. The number of H-pyrrole nitrogens is 3. The number of phenolic OH excluding ortho intramolecular Hbond substituents is 1. The molecule has 2 aliphatic heterocycles. The number of fused-ring (bicyclic) bond motifs is 5. The quantitative estimate of drug-likeness (QED) is 0.0888. The lowest BCUT2D eigenvalue weighted by Crippen LogP contribution is -2.58. The standard InChI is InChI=1S/C70H83N13O13S2/c1-41-67(93)79(2)36-62(87)80(3)58(30-47-34-74-53-17-9-7-15-51(47)53)66(92)77-54(29-46-33-73-52-16-8-6-14-50(46)52)69(95)81(4)57(32-63(88)89)60(85)31-45(28-48-35-72-40-75-48)68(94)82(5)59(27-42-19-21-49(84)22-20-42)70(96)83-24-11-18-56(83)65(91)78-55(64(71)90)39-98-38-44-13-10-12-43(26-44)37-97-25-23-61(86)76-41/h6-10,12-17,19-22,26,33-35,40-41,45,54-59,73-74,84H,11,18,23-25,27-32,36-39H2,1-5H3,(H2,71,90)(H,72,75)(H,76,86)(H,77,92)(H,78,91)(H,88,89)/t41-,45+,54-,55-,56-,57-,58-,59-/m0/s1. The van der Waals surface area contributed by atoms with Crippen molar-refractivity contribution in [3.05, 3.63) is 155 Å². The molecule has 0 aliphatic carbocycles. The number of carbonyl (C=O) groups is 11.